The summed E-state index contributed by atoms with van der Waals surface area (Å²) in [6.45, 7) is -0.421. The number of rotatable bonds is 1. The standard InChI is InChI=1S/C16H11ClF4N2/c17-9-5-6-13-11(7-9)15(10-3-1-2-4-12(10)18)23-14(8-22-13)16(19,20)21/h1-7,14,22H,8H2. The van der Waals surface area contributed by atoms with Gasteiger partial charge in [0.05, 0.1) is 5.71 Å². The van der Waals surface area contributed by atoms with E-state index in [1.165, 1.54) is 24.3 Å². The van der Waals surface area contributed by atoms with Crippen LogP contribution in [0.3, 0.4) is 0 Å². The Morgan fingerprint density at radius 3 is 2.52 bits per heavy atom. The Balaban J connectivity index is 2.23. The third kappa shape index (κ3) is 3.17. The van der Waals surface area contributed by atoms with E-state index in [-0.39, 0.29) is 11.3 Å². The first-order valence-electron chi connectivity index (χ1n) is 6.79. The molecule has 3 rings (SSSR count). The van der Waals surface area contributed by atoms with Gasteiger partial charge in [-0.15, -0.1) is 0 Å². The molecule has 1 aliphatic rings. The number of benzene rings is 2. The molecule has 7 heteroatoms. The maximum Gasteiger partial charge on any atom is 0.412 e. The van der Waals surface area contributed by atoms with Gasteiger partial charge in [-0.1, -0.05) is 23.7 Å². The smallest absolute Gasteiger partial charge is 0.382 e. The van der Waals surface area contributed by atoms with Crippen molar-refractivity contribution in [2.75, 3.05) is 11.9 Å². The van der Waals surface area contributed by atoms with Crippen LogP contribution in [0.2, 0.25) is 5.02 Å². The number of nitrogens with one attached hydrogen (secondary N) is 1. The second-order valence-electron chi connectivity index (χ2n) is 5.09. The molecule has 0 amide bonds. The SMILES string of the molecule is Fc1ccccc1C1=NC(C(F)(F)F)CNc2ccc(Cl)cc21. The molecule has 0 spiro atoms. The Morgan fingerprint density at radius 2 is 1.83 bits per heavy atom. The van der Waals surface area contributed by atoms with Crippen molar-refractivity contribution in [3.63, 3.8) is 0 Å². The van der Waals surface area contributed by atoms with Crippen LogP contribution in [0, 0.1) is 5.82 Å². The second-order valence-corrected chi connectivity index (χ2v) is 5.52. The zero-order chi connectivity index (χ0) is 16.6. The molecular formula is C16H11ClF4N2. The monoisotopic (exact) mass is 342 g/mol. The highest BCUT2D eigenvalue weighted by Crippen LogP contribution is 2.32. The molecule has 1 aliphatic heterocycles. The number of aliphatic imine (C=N–C) groups is 1. The summed E-state index contributed by atoms with van der Waals surface area (Å²) in [5.41, 5.74) is 0.722. The van der Waals surface area contributed by atoms with Crippen molar-refractivity contribution >= 4 is 23.0 Å². The summed E-state index contributed by atoms with van der Waals surface area (Å²) in [6.07, 6.45) is -4.53. The molecule has 0 saturated heterocycles. The summed E-state index contributed by atoms with van der Waals surface area (Å²) in [6, 6.07) is 8.23. The normalized spacial score (nSPS) is 17.8. The molecule has 0 radical (unpaired) electrons. The average molecular weight is 343 g/mol. The summed E-state index contributed by atoms with van der Waals surface area (Å²) in [7, 11) is 0. The summed E-state index contributed by atoms with van der Waals surface area (Å²) < 4.78 is 53.6. The van der Waals surface area contributed by atoms with Crippen molar-refractivity contribution < 1.29 is 17.6 Å². The maximum absolute atomic E-state index is 14.1. The van der Waals surface area contributed by atoms with Crippen molar-refractivity contribution in [2.24, 2.45) is 4.99 Å². The minimum atomic E-state index is -4.53. The molecule has 2 aromatic carbocycles. The van der Waals surface area contributed by atoms with Crippen LogP contribution in [0.4, 0.5) is 23.2 Å². The van der Waals surface area contributed by atoms with Gasteiger partial charge in [0, 0.05) is 28.4 Å². The van der Waals surface area contributed by atoms with E-state index in [2.05, 4.69) is 10.3 Å². The molecular weight excluding hydrogens is 332 g/mol. The first kappa shape index (κ1) is 15.8. The van der Waals surface area contributed by atoms with Gasteiger partial charge in [0.2, 0.25) is 0 Å². The molecule has 1 N–H and O–H groups in total. The highest BCUT2D eigenvalue weighted by Gasteiger charge is 2.41. The van der Waals surface area contributed by atoms with E-state index >= 15 is 0 Å². The molecule has 0 fully saturated rings. The van der Waals surface area contributed by atoms with Crippen molar-refractivity contribution in [1.82, 2.24) is 0 Å². The van der Waals surface area contributed by atoms with Gasteiger partial charge >= 0.3 is 6.18 Å². The van der Waals surface area contributed by atoms with Gasteiger partial charge in [-0.05, 0) is 30.3 Å². The van der Waals surface area contributed by atoms with Gasteiger partial charge in [-0.3, -0.25) is 4.99 Å². The largest absolute Gasteiger partial charge is 0.412 e. The Morgan fingerprint density at radius 1 is 1.09 bits per heavy atom. The first-order valence-corrected chi connectivity index (χ1v) is 7.17. The molecule has 2 nitrogen and oxygen atoms in total. The molecule has 0 bridgehead atoms. The van der Waals surface area contributed by atoms with Gasteiger partial charge < -0.3 is 5.32 Å². The van der Waals surface area contributed by atoms with Gasteiger partial charge in [-0.25, -0.2) is 4.39 Å². The number of anilines is 1. The molecule has 2 aromatic rings. The zero-order valence-corrected chi connectivity index (χ0v) is 12.4. The van der Waals surface area contributed by atoms with E-state index in [4.69, 9.17) is 11.6 Å². The predicted octanol–water partition coefficient (Wildman–Crippen LogP) is 4.67. The van der Waals surface area contributed by atoms with Crippen molar-refractivity contribution in [2.45, 2.75) is 12.2 Å². The number of nitrogens with zero attached hydrogens (tertiary/aromatic N) is 1. The van der Waals surface area contributed by atoms with Crippen molar-refractivity contribution in [3.8, 4) is 0 Å². The van der Waals surface area contributed by atoms with Gasteiger partial charge in [0.15, 0.2) is 6.04 Å². The molecule has 0 saturated carbocycles. The van der Waals surface area contributed by atoms with Crippen molar-refractivity contribution in [1.29, 1.82) is 0 Å². The van der Waals surface area contributed by atoms with Crippen molar-refractivity contribution in [3.05, 3.63) is 64.4 Å². The van der Waals surface area contributed by atoms with E-state index in [9.17, 15) is 17.6 Å². The number of hydrogen-bond acceptors (Lipinski definition) is 2. The fourth-order valence-corrected chi connectivity index (χ4v) is 2.57. The van der Waals surface area contributed by atoms with Crippen LogP contribution in [-0.4, -0.2) is 24.5 Å². The van der Waals surface area contributed by atoms with Gasteiger partial charge in [0.25, 0.3) is 0 Å². The van der Waals surface area contributed by atoms with Gasteiger partial charge in [-0.2, -0.15) is 13.2 Å². The third-order valence-electron chi connectivity index (χ3n) is 3.51. The van der Waals surface area contributed by atoms with E-state index in [0.717, 1.165) is 0 Å². The molecule has 0 aliphatic carbocycles. The van der Waals surface area contributed by atoms with E-state index in [1.807, 2.05) is 0 Å². The Kier molecular flexibility index (Phi) is 4.02. The molecule has 120 valence electrons. The molecule has 0 aromatic heterocycles. The molecule has 1 atom stereocenters. The summed E-state index contributed by atoms with van der Waals surface area (Å²) in [5, 5.41) is 3.05. The number of fused-ring (bicyclic) bond motifs is 1. The Hall–Kier alpha value is -2.08. The maximum atomic E-state index is 14.1. The Labute approximate surface area is 134 Å². The third-order valence-corrected chi connectivity index (χ3v) is 3.75. The fourth-order valence-electron chi connectivity index (χ4n) is 2.40. The lowest BCUT2D eigenvalue weighted by atomic mass is 10.00. The molecule has 1 heterocycles. The predicted molar refractivity (Wildman–Crippen MR) is 81.8 cm³/mol. The van der Waals surface area contributed by atoms with E-state index < -0.39 is 24.6 Å². The molecule has 1 unspecified atom stereocenters. The van der Waals surface area contributed by atoms with Crippen LogP contribution in [0.5, 0.6) is 0 Å². The van der Waals surface area contributed by atoms with E-state index in [0.29, 0.717) is 16.3 Å². The lowest BCUT2D eigenvalue weighted by Crippen LogP contribution is -2.33. The average Bonchev–Trinajstić information content (AvgIpc) is 2.67. The number of alkyl halides is 3. The molecule has 23 heavy (non-hydrogen) atoms. The quantitative estimate of drug-likeness (QED) is 0.748. The van der Waals surface area contributed by atoms with E-state index in [1.54, 1.807) is 18.2 Å². The second kappa shape index (κ2) is 5.85. The number of hydrogen-bond donors (Lipinski definition) is 1. The lowest BCUT2D eigenvalue weighted by Gasteiger charge is -2.15. The lowest BCUT2D eigenvalue weighted by molar-refractivity contribution is -0.143. The van der Waals surface area contributed by atoms with Gasteiger partial charge in [0.1, 0.15) is 5.82 Å². The number of benzodiazepines with no additional fused rings is 1. The van der Waals surface area contributed by atoms with Crippen LogP contribution in [0.15, 0.2) is 47.5 Å². The number of halogens is 5. The van der Waals surface area contributed by atoms with Crippen LogP contribution in [0.1, 0.15) is 11.1 Å². The summed E-state index contributed by atoms with van der Waals surface area (Å²) >= 11 is 5.95. The first-order chi connectivity index (χ1) is 10.9. The summed E-state index contributed by atoms with van der Waals surface area (Å²) in [4.78, 5) is 3.79. The Bertz CT molecular complexity index is 771. The zero-order valence-electron chi connectivity index (χ0n) is 11.7. The fraction of sp³-hybridized carbons (Fsp3) is 0.188. The van der Waals surface area contributed by atoms with Crippen LogP contribution < -0.4 is 5.32 Å². The van der Waals surface area contributed by atoms with Crippen LogP contribution in [0.25, 0.3) is 0 Å². The highest BCUT2D eigenvalue weighted by molar-refractivity contribution is 6.31. The minimum absolute atomic E-state index is 0.00830. The van der Waals surface area contributed by atoms with Crippen LogP contribution >= 0.6 is 11.6 Å². The summed E-state index contributed by atoms with van der Waals surface area (Å²) in [5.74, 6) is -0.639. The minimum Gasteiger partial charge on any atom is -0.382 e. The van der Waals surface area contributed by atoms with Crippen LogP contribution in [-0.2, 0) is 0 Å². The highest BCUT2D eigenvalue weighted by atomic mass is 35.5. The topological polar surface area (TPSA) is 24.4 Å².